The first kappa shape index (κ1) is 24.7. The third kappa shape index (κ3) is 4.07. The number of H-pyrrole nitrogens is 1. The number of rotatable bonds is 5. The van der Waals surface area contributed by atoms with Crippen LogP contribution in [0.25, 0.3) is 16.7 Å². The zero-order chi connectivity index (χ0) is 26.4. The van der Waals surface area contributed by atoms with Gasteiger partial charge in [-0.05, 0) is 60.9 Å². The summed E-state index contributed by atoms with van der Waals surface area (Å²) in [5.74, 6) is -0.912. The van der Waals surface area contributed by atoms with Crippen molar-refractivity contribution in [3.05, 3.63) is 99.7 Å². The van der Waals surface area contributed by atoms with E-state index in [1.165, 1.54) is 4.90 Å². The van der Waals surface area contributed by atoms with Crippen LogP contribution in [0, 0.1) is 6.92 Å². The number of fused-ring (bicyclic) bond motifs is 1. The highest BCUT2D eigenvalue weighted by Crippen LogP contribution is 2.46. The third-order valence-electron chi connectivity index (χ3n) is 6.87. The highest BCUT2D eigenvalue weighted by atomic mass is 35.5. The number of aromatic amines is 1. The molecule has 7 heteroatoms. The maximum absolute atomic E-state index is 13.6. The molecule has 1 amide bonds. The number of hydrogen-bond donors (Lipinski definition) is 2. The molecule has 2 N–H and O–H groups in total. The molecule has 6 nitrogen and oxygen atoms in total. The molecule has 188 valence electrons. The smallest absolute Gasteiger partial charge is 0.300 e. The first-order valence-electron chi connectivity index (χ1n) is 12.0. The van der Waals surface area contributed by atoms with Crippen molar-refractivity contribution in [1.29, 1.82) is 0 Å². The number of methoxy groups -OCH3 is 1. The van der Waals surface area contributed by atoms with E-state index < -0.39 is 17.7 Å². The van der Waals surface area contributed by atoms with Crippen LogP contribution in [-0.2, 0) is 9.59 Å². The van der Waals surface area contributed by atoms with Crippen LogP contribution in [0.1, 0.15) is 48.2 Å². The van der Waals surface area contributed by atoms with E-state index >= 15 is 0 Å². The Morgan fingerprint density at radius 3 is 2.51 bits per heavy atom. The Morgan fingerprint density at radius 1 is 1.05 bits per heavy atom. The van der Waals surface area contributed by atoms with Crippen molar-refractivity contribution in [2.24, 2.45) is 0 Å². The Bertz CT molecular complexity index is 1580. The lowest BCUT2D eigenvalue weighted by Gasteiger charge is -2.26. The summed E-state index contributed by atoms with van der Waals surface area (Å²) in [6.07, 6.45) is 0. The van der Waals surface area contributed by atoms with Crippen molar-refractivity contribution < 1.29 is 19.4 Å². The van der Waals surface area contributed by atoms with Gasteiger partial charge in [-0.1, -0.05) is 49.7 Å². The average Bonchev–Trinajstić information content (AvgIpc) is 3.35. The molecule has 2 heterocycles. The second-order valence-electron chi connectivity index (χ2n) is 9.47. The molecule has 4 aromatic rings. The number of anilines is 1. The number of carbonyl (C=O) groups is 2. The van der Waals surface area contributed by atoms with Crippen LogP contribution in [0.15, 0.2) is 72.3 Å². The average molecular weight is 515 g/mol. The second kappa shape index (κ2) is 9.45. The van der Waals surface area contributed by atoms with Crippen LogP contribution in [0.4, 0.5) is 5.69 Å². The molecule has 37 heavy (non-hydrogen) atoms. The lowest BCUT2D eigenvalue weighted by atomic mass is 9.91. The SMILES string of the molecule is COc1ccc(/C(O)=C2\C(=O)C(=O)N(c3cccc(Cl)c3)C2c2c(C)[nH]c3ccccc23)cc1C(C)C. The van der Waals surface area contributed by atoms with E-state index in [-0.39, 0.29) is 17.3 Å². The van der Waals surface area contributed by atoms with Crippen LogP contribution in [0.5, 0.6) is 5.75 Å². The van der Waals surface area contributed by atoms with Crippen LogP contribution in [0.3, 0.4) is 0 Å². The molecule has 0 spiro atoms. The van der Waals surface area contributed by atoms with E-state index in [0.717, 1.165) is 27.7 Å². The number of aromatic nitrogens is 1. The van der Waals surface area contributed by atoms with Gasteiger partial charge in [-0.2, -0.15) is 0 Å². The highest BCUT2D eigenvalue weighted by molar-refractivity contribution is 6.52. The number of hydrogen-bond acceptors (Lipinski definition) is 4. The number of halogens is 1. The fraction of sp³-hybridized carbons (Fsp3) is 0.200. The number of aliphatic hydroxyl groups is 1. The molecule has 1 fully saturated rings. The molecular formula is C30H27ClN2O4. The molecule has 5 rings (SSSR count). The summed E-state index contributed by atoms with van der Waals surface area (Å²) < 4.78 is 5.49. The highest BCUT2D eigenvalue weighted by Gasteiger charge is 2.48. The molecule has 0 radical (unpaired) electrons. The first-order chi connectivity index (χ1) is 17.7. The molecule has 1 aliphatic heterocycles. The van der Waals surface area contributed by atoms with E-state index in [1.807, 2.05) is 51.1 Å². The number of aryl methyl sites for hydroxylation is 1. The molecule has 0 saturated carbocycles. The molecule has 0 aliphatic carbocycles. The molecule has 1 unspecified atom stereocenters. The second-order valence-corrected chi connectivity index (χ2v) is 9.91. The largest absolute Gasteiger partial charge is 0.507 e. The summed E-state index contributed by atoms with van der Waals surface area (Å²) in [5, 5.41) is 12.9. The minimum atomic E-state index is -0.862. The van der Waals surface area contributed by atoms with Gasteiger partial charge in [-0.15, -0.1) is 0 Å². The van der Waals surface area contributed by atoms with Gasteiger partial charge in [0, 0.05) is 38.4 Å². The van der Waals surface area contributed by atoms with Gasteiger partial charge in [0.1, 0.15) is 11.5 Å². The zero-order valence-electron chi connectivity index (χ0n) is 21.0. The van der Waals surface area contributed by atoms with Gasteiger partial charge in [0.15, 0.2) is 0 Å². The minimum absolute atomic E-state index is 0.0256. The first-order valence-corrected chi connectivity index (χ1v) is 12.4. The Kier molecular flexibility index (Phi) is 6.30. The number of carbonyl (C=O) groups excluding carboxylic acids is 2. The molecule has 3 aromatic carbocycles. The van der Waals surface area contributed by atoms with Gasteiger partial charge in [0.25, 0.3) is 11.7 Å². The van der Waals surface area contributed by atoms with E-state index in [4.69, 9.17) is 16.3 Å². The number of nitrogens with zero attached hydrogens (tertiary/aromatic N) is 1. The van der Waals surface area contributed by atoms with Gasteiger partial charge < -0.3 is 14.8 Å². The Balaban J connectivity index is 1.81. The predicted octanol–water partition coefficient (Wildman–Crippen LogP) is 6.89. The summed E-state index contributed by atoms with van der Waals surface area (Å²) in [4.78, 5) is 31.9. The van der Waals surface area contributed by atoms with Crippen molar-refractivity contribution >= 4 is 45.6 Å². The quantitative estimate of drug-likeness (QED) is 0.172. The van der Waals surface area contributed by atoms with Crippen molar-refractivity contribution in [2.45, 2.75) is 32.7 Å². The Hall–Kier alpha value is -4.03. The number of aliphatic hydroxyl groups excluding tert-OH is 1. The zero-order valence-corrected chi connectivity index (χ0v) is 21.8. The lowest BCUT2D eigenvalue weighted by molar-refractivity contribution is -0.132. The molecule has 1 saturated heterocycles. The van der Waals surface area contributed by atoms with Gasteiger partial charge in [-0.3, -0.25) is 14.5 Å². The van der Waals surface area contributed by atoms with E-state index in [9.17, 15) is 14.7 Å². The summed E-state index contributed by atoms with van der Waals surface area (Å²) in [6, 6.07) is 18.9. The van der Waals surface area contributed by atoms with Gasteiger partial charge in [-0.25, -0.2) is 0 Å². The molecule has 0 bridgehead atoms. The number of para-hydroxylation sites is 1. The van der Waals surface area contributed by atoms with Crippen molar-refractivity contribution in [3.8, 4) is 5.75 Å². The fourth-order valence-corrected chi connectivity index (χ4v) is 5.32. The maximum atomic E-state index is 13.6. The van der Waals surface area contributed by atoms with Crippen molar-refractivity contribution in [1.82, 2.24) is 4.98 Å². The van der Waals surface area contributed by atoms with Crippen LogP contribution < -0.4 is 9.64 Å². The van der Waals surface area contributed by atoms with Gasteiger partial charge in [0.05, 0.1) is 18.7 Å². The van der Waals surface area contributed by atoms with E-state index in [1.54, 1.807) is 43.5 Å². The van der Waals surface area contributed by atoms with Crippen molar-refractivity contribution in [2.75, 3.05) is 12.0 Å². The molecule has 1 aromatic heterocycles. The summed E-state index contributed by atoms with van der Waals surface area (Å²) in [5.41, 5.74) is 4.24. The van der Waals surface area contributed by atoms with E-state index in [2.05, 4.69) is 4.98 Å². The monoisotopic (exact) mass is 514 g/mol. The number of ketones is 1. The fourth-order valence-electron chi connectivity index (χ4n) is 5.14. The summed E-state index contributed by atoms with van der Waals surface area (Å²) in [6.45, 7) is 5.95. The van der Waals surface area contributed by atoms with Crippen molar-refractivity contribution in [3.63, 3.8) is 0 Å². The minimum Gasteiger partial charge on any atom is -0.507 e. The van der Waals surface area contributed by atoms with E-state index in [0.29, 0.717) is 22.0 Å². The third-order valence-corrected chi connectivity index (χ3v) is 7.11. The Labute approximate surface area is 220 Å². The number of benzene rings is 3. The van der Waals surface area contributed by atoms with Crippen LogP contribution in [0.2, 0.25) is 5.02 Å². The number of Topliss-reactive ketones (excluding diaryl/α,β-unsaturated/α-hetero) is 1. The van der Waals surface area contributed by atoms with Gasteiger partial charge in [0.2, 0.25) is 0 Å². The van der Waals surface area contributed by atoms with Gasteiger partial charge >= 0.3 is 0 Å². The number of ether oxygens (including phenoxy) is 1. The lowest BCUT2D eigenvalue weighted by Crippen LogP contribution is -2.29. The standard InChI is InChI=1S/C30H27ClN2O4/c1-16(2)22-14-18(12-13-24(22)37-4)28(34)26-27(25-17(3)32-23-11-6-5-10-21(23)25)33(30(36)29(26)35)20-9-7-8-19(31)15-20/h5-16,27,32,34H,1-4H3/b28-26+. The van der Waals surface area contributed by atoms with Crippen LogP contribution >= 0.6 is 11.6 Å². The predicted molar refractivity (Wildman–Crippen MR) is 146 cm³/mol. The number of nitrogens with one attached hydrogen (secondary N) is 1. The Morgan fingerprint density at radius 2 is 1.81 bits per heavy atom. The molecule has 1 aliphatic rings. The summed E-state index contributed by atoms with van der Waals surface area (Å²) >= 11 is 6.27. The summed E-state index contributed by atoms with van der Waals surface area (Å²) in [7, 11) is 1.59. The molecule has 1 atom stereocenters. The normalized spacial score (nSPS) is 17.2. The number of amides is 1. The van der Waals surface area contributed by atoms with Crippen LogP contribution in [-0.4, -0.2) is 28.9 Å². The maximum Gasteiger partial charge on any atom is 0.300 e. The topological polar surface area (TPSA) is 82.6 Å². The molecular weight excluding hydrogens is 488 g/mol.